The second kappa shape index (κ2) is 10.9. The van der Waals surface area contributed by atoms with Crippen molar-refractivity contribution in [3.63, 3.8) is 0 Å². The standard InChI is InChI=1S/C30H36N4O5/c1-7-39-29(38)24-18(2)22(19(3)32-24)26(35)23-25(20-9-11-21(12-10-20)30(4,5)6)34(28(37)27(23)36)15-8-14-33-16-13-31-17-33/h9-13,16-17,25,32,35H,7-8,14-15H2,1-6H3/b26-23+/t25-/m1/s1. The number of aromatic nitrogens is 3. The number of carbonyl (C=O) groups excluding carboxylic acids is 3. The van der Waals surface area contributed by atoms with Crippen LogP contribution in [0, 0.1) is 13.8 Å². The molecule has 1 saturated heterocycles. The van der Waals surface area contributed by atoms with E-state index in [2.05, 4.69) is 30.7 Å². The number of aryl methyl sites for hydroxylation is 2. The van der Waals surface area contributed by atoms with Crippen molar-refractivity contribution in [1.82, 2.24) is 19.4 Å². The topological polar surface area (TPSA) is 118 Å². The third-order valence-electron chi connectivity index (χ3n) is 7.16. The van der Waals surface area contributed by atoms with Crippen LogP contribution >= 0.6 is 0 Å². The number of imidazole rings is 1. The number of ketones is 1. The molecule has 3 aromatic rings. The van der Waals surface area contributed by atoms with Crippen LogP contribution in [0.1, 0.15) is 78.6 Å². The second-order valence-corrected chi connectivity index (χ2v) is 10.9. The summed E-state index contributed by atoms with van der Waals surface area (Å²) in [5, 5.41) is 11.6. The van der Waals surface area contributed by atoms with Crippen LogP contribution in [-0.4, -0.2) is 55.4 Å². The number of H-pyrrole nitrogens is 1. The number of ether oxygens (including phenoxy) is 1. The van der Waals surface area contributed by atoms with E-state index in [0.717, 1.165) is 11.1 Å². The highest BCUT2D eigenvalue weighted by molar-refractivity contribution is 6.46. The van der Waals surface area contributed by atoms with Crippen molar-refractivity contribution < 1.29 is 24.2 Å². The molecule has 206 valence electrons. The van der Waals surface area contributed by atoms with E-state index in [1.54, 1.807) is 33.3 Å². The van der Waals surface area contributed by atoms with Crippen LogP contribution in [0.3, 0.4) is 0 Å². The van der Waals surface area contributed by atoms with Gasteiger partial charge < -0.3 is 24.3 Å². The Labute approximate surface area is 228 Å². The predicted molar refractivity (Wildman–Crippen MR) is 147 cm³/mol. The van der Waals surface area contributed by atoms with E-state index in [9.17, 15) is 19.5 Å². The van der Waals surface area contributed by atoms with Gasteiger partial charge in [-0.1, -0.05) is 45.0 Å². The van der Waals surface area contributed by atoms with E-state index in [4.69, 9.17) is 4.74 Å². The highest BCUT2D eigenvalue weighted by atomic mass is 16.5. The SMILES string of the molecule is CCOC(=O)c1[nH]c(C)c(/C(O)=C2\C(=O)C(=O)N(CCCn3ccnc3)[C@@H]2c2ccc(C(C)(C)C)cc2)c1C. The molecule has 2 aromatic heterocycles. The van der Waals surface area contributed by atoms with Gasteiger partial charge in [-0.05, 0) is 49.3 Å². The van der Waals surface area contributed by atoms with Gasteiger partial charge in [0.05, 0.1) is 24.5 Å². The van der Waals surface area contributed by atoms with Crippen LogP contribution in [0.5, 0.6) is 0 Å². The largest absolute Gasteiger partial charge is 0.507 e. The molecule has 0 bridgehead atoms. The molecule has 1 aliphatic rings. The lowest BCUT2D eigenvalue weighted by Crippen LogP contribution is -2.31. The molecule has 1 atom stereocenters. The van der Waals surface area contributed by atoms with Gasteiger partial charge >= 0.3 is 5.97 Å². The molecule has 4 rings (SSSR count). The maximum absolute atomic E-state index is 13.5. The molecule has 0 saturated carbocycles. The highest BCUT2D eigenvalue weighted by Crippen LogP contribution is 2.41. The molecule has 3 heterocycles. The summed E-state index contributed by atoms with van der Waals surface area (Å²) in [5.74, 6) is -2.27. The molecular weight excluding hydrogens is 496 g/mol. The van der Waals surface area contributed by atoms with E-state index in [-0.39, 0.29) is 29.0 Å². The monoisotopic (exact) mass is 532 g/mol. The van der Waals surface area contributed by atoms with Crippen LogP contribution in [0.2, 0.25) is 0 Å². The number of nitrogens with one attached hydrogen (secondary N) is 1. The number of carbonyl (C=O) groups is 3. The molecule has 9 heteroatoms. The van der Waals surface area contributed by atoms with E-state index < -0.39 is 23.7 Å². The summed E-state index contributed by atoms with van der Waals surface area (Å²) in [5.41, 5.74) is 3.25. The number of hydrogen-bond donors (Lipinski definition) is 2. The number of rotatable bonds is 8. The molecule has 39 heavy (non-hydrogen) atoms. The summed E-state index contributed by atoms with van der Waals surface area (Å²) in [4.78, 5) is 47.9. The van der Waals surface area contributed by atoms with Crippen molar-refractivity contribution in [2.45, 2.75) is 66.0 Å². The first kappa shape index (κ1) is 27.9. The zero-order chi connectivity index (χ0) is 28.5. The average Bonchev–Trinajstić information content (AvgIpc) is 3.57. The first-order valence-corrected chi connectivity index (χ1v) is 13.2. The smallest absolute Gasteiger partial charge is 0.355 e. The van der Waals surface area contributed by atoms with Crippen molar-refractivity contribution in [2.24, 2.45) is 0 Å². The van der Waals surface area contributed by atoms with E-state index in [1.165, 1.54) is 4.90 Å². The van der Waals surface area contributed by atoms with Gasteiger partial charge in [-0.25, -0.2) is 9.78 Å². The van der Waals surface area contributed by atoms with Gasteiger partial charge in [0.2, 0.25) is 0 Å². The Kier molecular flexibility index (Phi) is 7.81. The van der Waals surface area contributed by atoms with Crippen LogP contribution in [0.15, 0.2) is 48.6 Å². The quantitative estimate of drug-likeness (QED) is 0.186. The Bertz CT molecular complexity index is 1410. The second-order valence-electron chi connectivity index (χ2n) is 10.9. The van der Waals surface area contributed by atoms with Crippen molar-refractivity contribution >= 4 is 23.4 Å². The predicted octanol–water partition coefficient (Wildman–Crippen LogP) is 4.81. The van der Waals surface area contributed by atoms with Crippen LogP contribution in [0.25, 0.3) is 5.76 Å². The molecule has 1 aromatic carbocycles. The van der Waals surface area contributed by atoms with Gasteiger partial charge in [0, 0.05) is 36.7 Å². The number of likely N-dealkylation sites (tertiary alicyclic amines) is 1. The molecule has 1 aliphatic heterocycles. The number of aromatic amines is 1. The van der Waals surface area contributed by atoms with E-state index >= 15 is 0 Å². The first-order chi connectivity index (χ1) is 18.5. The van der Waals surface area contributed by atoms with Crippen molar-refractivity contribution in [1.29, 1.82) is 0 Å². The third kappa shape index (κ3) is 5.39. The van der Waals surface area contributed by atoms with E-state index in [1.807, 2.05) is 35.0 Å². The lowest BCUT2D eigenvalue weighted by molar-refractivity contribution is -0.139. The van der Waals surface area contributed by atoms with Crippen LogP contribution in [-0.2, 0) is 26.3 Å². The number of benzene rings is 1. The minimum Gasteiger partial charge on any atom is -0.507 e. The Morgan fingerprint density at radius 2 is 1.82 bits per heavy atom. The number of aliphatic hydroxyl groups is 1. The summed E-state index contributed by atoms with van der Waals surface area (Å²) < 4.78 is 7.05. The average molecular weight is 533 g/mol. The summed E-state index contributed by atoms with van der Waals surface area (Å²) in [6.07, 6.45) is 5.83. The van der Waals surface area contributed by atoms with Gasteiger partial charge in [-0.2, -0.15) is 0 Å². The van der Waals surface area contributed by atoms with Gasteiger partial charge in [-0.15, -0.1) is 0 Å². The molecule has 9 nitrogen and oxygen atoms in total. The number of aliphatic hydroxyl groups excluding tert-OH is 1. The molecule has 0 aliphatic carbocycles. The molecule has 0 spiro atoms. The zero-order valence-electron chi connectivity index (χ0n) is 23.4. The Morgan fingerprint density at radius 3 is 2.41 bits per heavy atom. The van der Waals surface area contributed by atoms with Crippen molar-refractivity contribution in [2.75, 3.05) is 13.2 Å². The Morgan fingerprint density at radius 1 is 1.13 bits per heavy atom. The number of esters is 1. The number of hydrogen-bond acceptors (Lipinski definition) is 6. The summed E-state index contributed by atoms with van der Waals surface area (Å²) in [7, 11) is 0. The fourth-order valence-corrected chi connectivity index (χ4v) is 5.11. The summed E-state index contributed by atoms with van der Waals surface area (Å²) >= 11 is 0. The van der Waals surface area contributed by atoms with Gasteiger partial charge in [0.1, 0.15) is 11.5 Å². The van der Waals surface area contributed by atoms with Crippen LogP contribution < -0.4 is 0 Å². The Hall–Kier alpha value is -4.14. The lowest BCUT2D eigenvalue weighted by Gasteiger charge is -2.26. The van der Waals surface area contributed by atoms with Gasteiger partial charge in [0.15, 0.2) is 0 Å². The molecule has 2 N–H and O–H groups in total. The van der Waals surface area contributed by atoms with Crippen LogP contribution in [0.4, 0.5) is 0 Å². The minimum absolute atomic E-state index is 0.00625. The maximum atomic E-state index is 13.5. The number of Topliss-reactive ketones (excluding diaryl/α,β-unsaturated/α-hetero) is 1. The third-order valence-corrected chi connectivity index (χ3v) is 7.16. The first-order valence-electron chi connectivity index (χ1n) is 13.2. The summed E-state index contributed by atoms with van der Waals surface area (Å²) in [6.45, 7) is 12.6. The van der Waals surface area contributed by atoms with Crippen molar-refractivity contribution in [3.05, 3.63) is 82.2 Å². The highest BCUT2D eigenvalue weighted by Gasteiger charge is 2.46. The molecule has 1 fully saturated rings. The maximum Gasteiger partial charge on any atom is 0.355 e. The number of amides is 1. The number of nitrogens with zero attached hydrogens (tertiary/aromatic N) is 3. The Balaban J connectivity index is 1.80. The van der Waals surface area contributed by atoms with Gasteiger partial charge in [0.25, 0.3) is 11.7 Å². The zero-order valence-corrected chi connectivity index (χ0v) is 23.4. The normalized spacial score (nSPS) is 17.2. The minimum atomic E-state index is -0.776. The molecular formula is C30H36N4O5. The lowest BCUT2D eigenvalue weighted by atomic mass is 9.85. The fraction of sp³-hybridized carbons (Fsp3) is 0.400. The molecule has 0 radical (unpaired) electrons. The fourth-order valence-electron chi connectivity index (χ4n) is 5.11. The molecule has 0 unspecified atom stereocenters. The van der Waals surface area contributed by atoms with E-state index in [0.29, 0.717) is 36.3 Å². The van der Waals surface area contributed by atoms with Crippen molar-refractivity contribution in [3.8, 4) is 0 Å². The van der Waals surface area contributed by atoms with Gasteiger partial charge in [-0.3, -0.25) is 9.59 Å². The summed E-state index contributed by atoms with van der Waals surface area (Å²) in [6, 6.07) is 7.03. The molecule has 1 amide bonds.